The standard InChI is InChI=1S/C13H13BrClNO/c1-9-12(13(14,8-17)6-7-15)10-4-2-3-5-11(10)16-9/h2-5,8,16H,6-7H2,1H3. The van der Waals surface area contributed by atoms with Gasteiger partial charge in [-0.15, -0.1) is 11.6 Å². The Morgan fingerprint density at radius 2 is 2.18 bits per heavy atom. The minimum atomic E-state index is -0.696. The molecular weight excluding hydrogens is 302 g/mol. The molecule has 2 rings (SSSR count). The molecule has 90 valence electrons. The molecule has 1 atom stereocenters. The summed E-state index contributed by atoms with van der Waals surface area (Å²) in [5, 5.41) is 1.07. The number of halogens is 2. The second kappa shape index (κ2) is 4.83. The summed E-state index contributed by atoms with van der Waals surface area (Å²) in [6, 6.07) is 7.96. The summed E-state index contributed by atoms with van der Waals surface area (Å²) in [4.78, 5) is 14.7. The van der Waals surface area contributed by atoms with E-state index < -0.39 is 4.32 Å². The number of hydrogen-bond donors (Lipinski definition) is 1. The topological polar surface area (TPSA) is 32.9 Å². The van der Waals surface area contributed by atoms with Crippen molar-refractivity contribution in [2.24, 2.45) is 0 Å². The summed E-state index contributed by atoms with van der Waals surface area (Å²) in [6.07, 6.45) is 1.50. The largest absolute Gasteiger partial charge is 0.358 e. The summed E-state index contributed by atoms with van der Waals surface area (Å²) in [7, 11) is 0. The predicted molar refractivity (Wildman–Crippen MR) is 75.0 cm³/mol. The number of aryl methyl sites for hydroxylation is 1. The molecule has 0 fully saturated rings. The van der Waals surface area contributed by atoms with Crippen LogP contribution >= 0.6 is 27.5 Å². The monoisotopic (exact) mass is 313 g/mol. The van der Waals surface area contributed by atoms with Crippen molar-refractivity contribution in [3.05, 3.63) is 35.5 Å². The average Bonchev–Trinajstić information content (AvgIpc) is 2.65. The SMILES string of the molecule is Cc1[nH]c2ccccc2c1C(Br)(C=O)CCCl. The zero-order valence-corrected chi connectivity index (χ0v) is 11.8. The van der Waals surface area contributed by atoms with Crippen molar-refractivity contribution in [2.75, 3.05) is 5.88 Å². The molecule has 0 aliphatic carbocycles. The first-order valence-electron chi connectivity index (χ1n) is 5.41. The van der Waals surface area contributed by atoms with Crippen molar-refractivity contribution in [1.29, 1.82) is 0 Å². The maximum Gasteiger partial charge on any atom is 0.141 e. The fourth-order valence-electron chi connectivity index (χ4n) is 2.19. The number of rotatable bonds is 4. The highest BCUT2D eigenvalue weighted by Gasteiger charge is 2.32. The zero-order chi connectivity index (χ0) is 12.5. The van der Waals surface area contributed by atoms with Crippen molar-refractivity contribution < 1.29 is 4.79 Å². The molecule has 17 heavy (non-hydrogen) atoms. The molecule has 0 spiro atoms. The first-order valence-corrected chi connectivity index (χ1v) is 6.74. The van der Waals surface area contributed by atoms with E-state index in [2.05, 4.69) is 20.9 Å². The van der Waals surface area contributed by atoms with E-state index in [1.165, 1.54) is 0 Å². The quantitative estimate of drug-likeness (QED) is 0.674. The highest BCUT2D eigenvalue weighted by molar-refractivity contribution is 9.10. The lowest BCUT2D eigenvalue weighted by molar-refractivity contribution is -0.109. The number of para-hydroxylation sites is 1. The molecule has 2 aromatic rings. The Bertz CT molecular complexity index is 551. The van der Waals surface area contributed by atoms with Gasteiger partial charge >= 0.3 is 0 Å². The molecular formula is C13H13BrClNO. The van der Waals surface area contributed by atoms with Gasteiger partial charge in [0, 0.05) is 28.0 Å². The Labute approximate surface area is 113 Å². The van der Waals surface area contributed by atoms with Crippen LogP contribution in [-0.2, 0) is 9.12 Å². The van der Waals surface area contributed by atoms with Crippen molar-refractivity contribution in [1.82, 2.24) is 4.98 Å². The van der Waals surface area contributed by atoms with Gasteiger partial charge in [0.1, 0.15) is 10.6 Å². The number of alkyl halides is 2. The van der Waals surface area contributed by atoms with Gasteiger partial charge in [-0.3, -0.25) is 0 Å². The van der Waals surface area contributed by atoms with Crippen molar-refractivity contribution in [3.8, 4) is 0 Å². The van der Waals surface area contributed by atoms with Crippen LogP contribution in [0.4, 0.5) is 0 Å². The molecule has 0 aliphatic heterocycles. The van der Waals surface area contributed by atoms with E-state index in [0.717, 1.165) is 28.4 Å². The van der Waals surface area contributed by atoms with Crippen LogP contribution < -0.4 is 0 Å². The number of carbonyl (C=O) groups is 1. The molecule has 4 heteroatoms. The lowest BCUT2D eigenvalue weighted by Crippen LogP contribution is -2.21. The van der Waals surface area contributed by atoms with Gasteiger partial charge in [0.25, 0.3) is 0 Å². The average molecular weight is 315 g/mol. The number of aromatic amines is 1. The molecule has 0 aliphatic rings. The number of aldehydes is 1. The van der Waals surface area contributed by atoms with Crippen LogP contribution in [-0.4, -0.2) is 17.2 Å². The summed E-state index contributed by atoms with van der Waals surface area (Å²) in [6.45, 7) is 1.98. The third kappa shape index (κ3) is 2.14. The minimum absolute atomic E-state index is 0.433. The maximum absolute atomic E-state index is 11.4. The van der Waals surface area contributed by atoms with Crippen molar-refractivity contribution in [2.45, 2.75) is 17.7 Å². The van der Waals surface area contributed by atoms with E-state index in [9.17, 15) is 4.79 Å². The van der Waals surface area contributed by atoms with Crippen LogP contribution in [0.25, 0.3) is 10.9 Å². The molecule has 1 unspecified atom stereocenters. The van der Waals surface area contributed by atoms with Crippen LogP contribution in [0.5, 0.6) is 0 Å². The summed E-state index contributed by atoms with van der Waals surface area (Å²) in [5.41, 5.74) is 3.03. The van der Waals surface area contributed by atoms with Gasteiger partial charge < -0.3 is 9.78 Å². The Morgan fingerprint density at radius 3 is 2.82 bits per heavy atom. The highest BCUT2D eigenvalue weighted by atomic mass is 79.9. The third-order valence-electron chi connectivity index (χ3n) is 2.95. The number of fused-ring (bicyclic) bond motifs is 1. The molecule has 1 heterocycles. The first-order chi connectivity index (χ1) is 8.12. The van der Waals surface area contributed by atoms with Crippen LogP contribution in [0.2, 0.25) is 0 Å². The molecule has 1 aromatic heterocycles. The van der Waals surface area contributed by atoms with E-state index >= 15 is 0 Å². The van der Waals surface area contributed by atoms with Gasteiger partial charge in [0.2, 0.25) is 0 Å². The Hall–Kier alpha value is -0.800. The lowest BCUT2D eigenvalue weighted by Gasteiger charge is -2.20. The van der Waals surface area contributed by atoms with Gasteiger partial charge in [-0.25, -0.2) is 0 Å². The van der Waals surface area contributed by atoms with Gasteiger partial charge in [-0.2, -0.15) is 0 Å². The lowest BCUT2D eigenvalue weighted by atomic mass is 9.95. The molecule has 0 saturated carbocycles. The number of hydrogen-bond acceptors (Lipinski definition) is 1. The molecule has 0 saturated heterocycles. The number of benzene rings is 1. The molecule has 1 aromatic carbocycles. The van der Waals surface area contributed by atoms with Crippen LogP contribution in [0.3, 0.4) is 0 Å². The van der Waals surface area contributed by atoms with Gasteiger partial charge in [-0.1, -0.05) is 34.1 Å². The maximum atomic E-state index is 11.4. The number of aromatic nitrogens is 1. The Balaban J connectivity index is 2.68. The molecule has 0 amide bonds. The van der Waals surface area contributed by atoms with Crippen LogP contribution in [0.1, 0.15) is 17.7 Å². The highest BCUT2D eigenvalue weighted by Crippen LogP contribution is 2.39. The van der Waals surface area contributed by atoms with Crippen molar-refractivity contribution >= 4 is 44.7 Å². The van der Waals surface area contributed by atoms with E-state index in [-0.39, 0.29) is 0 Å². The van der Waals surface area contributed by atoms with Gasteiger partial charge in [0.05, 0.1) is 0 Å². The van der Waals surface area contributed by atoms with E-state index in [4.69, 9.17) is 11.6 Å². The molecule has 0 bridgehead atoms. The summed E-state index contributed by atoms with van der Waals surface area (Å²) in [5.74, 6) is 0.433. The normalized spacial score (nSPS) is 14.8. The first kappa shape index (κ1) is 12.7. The second-order valence-corrected chi connectivity index (χ2v) is 5.88. The summed E-state index contributed by atoms with van der Waals surface area (Å²) >= 11 is 9.32. The number of nitrogens with one attached hydrogen (secondary N) is 1. The number of carbonyl (C=O) groups excluding carboxylic acids is 1. The molecule has 1 N–H and O–H groups in total. The van der Waals surface area contributed by atoms with E-state index in [1.54, 1.807) is 0 Å². The second-order valence-electron chi connectivity index (χ2n) is 4.09. The summed E-state index contributed by atoms with van der Waals surface area (Å²) < 4.78 is -0.696. The fourth-order valence-corrected chi connectivity index (χ4v) is 3.43. The van der Waals surface area contributed by atoms with Crippen LogP contribution in [0, 0.1) is 6.92 Å². The predicted octanol–water partition coefficient (Wildman–Crippen LogP) is 3.89. The molecule has 0 radical (unpaired) electrons. The van der Waals surface area contributed by atoms with Crippen molar-refractivity contribution in [3.63, 3.8) is 0 Å². The Kier molecular flexibility index (Phi) is 3.59. The zero-order valence-electron chi connectivity index (χ0n) is 9.47. The van der Waals surface area contributed by atoms with Crippen LogP contribution in [0.15, 0.2) is 24.3 Å². The third-order valence-corrected chi connectivity index (χ3v) is 4.12. The van der Waals surface area contributed by atoms with E-state index in [0.29, 0.717) is 12.3 Å². The Morgan fingerprint density at radius 1 is 1.47 bits per heavy atom. The smallest absolute Gasteiger partial charge is 0.141 e. The number of H-pyrrole nitrogens is 1. The minimum Gasteiger partial charge on any atom is -0.358 e. The van der Waals surface area contributed by atoms with E-state index in [1.807, 2.05) is 31.2 Å². The van der Waals surface area contributed by atoms with Gasteiger partial charge in [-0.05, 0) is 19.4 Å². The van der Waals surface area contributed by atoms with Gasteiger partial charge in [0.15, 0.2) is 0 Å². The molecule has 2 nitrogen and oxygen atoms in total. The fraction of sp³-hybridized carbons (Fsp3) is 0.308.